The third-order valence-corrected chi connectivity index (χ3v) is 2.74. The van der Waals surface area contributed by atoms with E-state index in [1.807, 2.05) is 0 Å². The number of carbonyl (C=O) groups is 1. The van der Waals surface area contributed by atoms with Gasteiger partial charge in [-0.2, -0.15) is 0 Å². The summed E-state index contributed by atoms with van der Waals surface area (Å²) in [5, 5.41) is 8.41. The predicted octanol–water partition coefficient (Wildman–Crippen LogP) is 2.27. The number of hydrogen-bond acceptors (Lipinski definition) is 3. The topological polar surface area (TPSA) is 55.8 Å². The molecule has 1 N–H and O–H groups in total. The van der Waals surface area contributed by atoms with Crippen molar-refractivity contribution in [2.45, 2.75) is 12.8 Å². The second-order valence-corrected chi connectivity index (χ2v) is 3.96. The zero-order valence-electron chi connectivity index (χ0n) is 8.83. The Morgan fingerprint density at radius 1 is 1.47 bits per heavy atom. The Hall–Kier alpha value is -1.49. The van der Waals surface area contributed by atoms with Gasteiger partial charge in [0.25, 0.3) is 0 Å². The molecule has 17 heavy (non-hydrogen) atoms. The highest BCUT2D eigenvalue weighted by Crippen LogP contribution is 2.40. The number of ether oxygens (including phenoxy) is 2. The molecule has 1 aromatic carbocycles. The van der Waals surface area contributed by atoms with E-state index >= 15 is 0 Å². The Kier molecular flexibility index (Phi) is 3.38. The molecule has 0 amide bonds. The third kappa shape index (κ3) is 2.44. The molecule has 1 heterocycles. The maximum Gasteiger partial charge on any atom is 0.303 e. The van der Waals surface area contributed by atoms with Gasteiger partial charge in [-0.15, -0.1) is 0 Å². The summed E-state index contributed by atoms with van der Waals surface area (Å²) in [6.45, 7) is 0.688. The molecular weight excluding hydrogens is 251 g/mol. The molecule has 0 saturated heterocycles. The second-order valence-electron chi connectivity index (χ2n) is 3.58. The summed E-state index contributed by atoms with van der Waals surface area (Å²) in [4.78, 5) is 10.4. The highest BCUT2D eigenvalue weighted by Gasteiger charge is 2.22. The summed E-state index contributed by atoms with van der Waals surface area (Å²) in [6, 6.07) is 1.44. The number of benzene rings is 1. The minimum absolute atomic E-state index is 0.0670. The highest BCUT2D eigenvalue weighted by atomic mass is 35.5. The van der Waals surface area contributed by atoms with E-state index in [-0.39, 0.29) is 29.2 Å². The molecule has 2 rings (SSSR count). The first-order valence-corrected chi connectivity index (χ1v) is 5.45. The number of carboxylic acids is 1. The SMILES string of the molecule is O=C(O)CCc1cc2c(c(Cl)c1F)OCCO2. The van der Waals surface area contributed by atoms with Crippen LogP contribution in [0, 0.1) is 5.82 Å². The molecule has 0 saturated carbocycles. The van der Waals surface area contributed by atoms with Crippen LogP contribution in [0.25, 0.3) is 0 Å². The summed E-state index contributed by atoms with van der Waals surface area (Å²) < 4.78 is 24.3. The van der Waals surface area contributed by atoms with Crippen LogP contribution in [0.15, 0.2) is 6.07 Å². The summed E-state index contributed by atoms with van der Waals surface area (Å²) in [5.74, 6) is -1.08. The number of hydrogen-bond donors (Lipinski definition) is 1. The maximum atomic E-state index is 13.8. The van der Waals surface area contributed by atoms with Gasteiger partial charge in [0, 0.05) is 6.42 Å². The van der Waals surface area contributed by atoms with Crippen molar-refractivity contribution in [1.82, 2.24) is 0 Å². The lowest BCUT2D eigenvalue weighted by Gasteiger charge is -2.20. The fourth-order valence-electron chi connectivity index (χ4n) is 1.60. The first-order chi connectivity index (χ1) is 8.09. The van der Waals surface area contributed by atoms with Gasteiger partial charge >= 0.3 is 5.97 Å². The molecule has 0 aliphatic carbocycles. The third-order valence-electron chi connectivity index (χ3n) is 2.40. The number of rotatable bonds is 3. The van der Waals surface area contributed by atoms with E-state index in [9.17, 15) is 9.18 Å². The predicted molar refractivity (Wildman–Crippen MR) is 58.4 cm³/mol. The monoisotopic (exact) mass is 260 g/mol. The summed E-state index contributed by atoms with van der Waals surface area (Å²) in [6.07, 6.45) is -0.0928. The van der Waals surface area contributed by atoms with Gasteiger partial charge in [-0.05, 0) is 18.1 Å². The van der Waals surface area contributed by atoms with E-state index in [0.29, 0.717) is 19.0 Å². The number of aryl methyl sites for hydroxylation is 1. The fraction of sp³-hybridized carbons (Fsp3) is 0.364. The molecule has 92 valence electrons. The Bertz CT molecular complexity index is 461. The molecule has 0 bridgehead atoms. The van der Waals surface area contributed by atoms with Crippen molar-refractivity contribution in [1.29, 1.82) is 0 Å². The van der Waals surface area contributed by atoms with Crippen LogP contribution in [-0.2, 0) is 11.2 Å². The molecule has 0 unspecified atom stereocenters. The Balaban J connectivity index is 2.33. The largest absolute Gasteiger partial charge is 0.486 e. The summed E-state index contributed by atoms with van der Waals surface area (Å²) >= 11 is 5.80. The van der Waals surface area contributed by atoms with Crippen molar-refractivity contribution < 1.29 is 23.8 Å². The van der Waals surface area contributed by atoms with Crippen LogP contribution < -0.4 is 9.47 Å². The lowest BCUT2D eigenvalue weighted by molar-refractivity contribution is -0.136. The van der Waals surface area contributed by atoms with E-state index in [2.05, 4.69) is 0 Å². The van der Waals surface area contributed by atoms with Gasteiger partial charge in [0.15, 0.2) is 11.5 Å². The first-order valence-electron chi connectivity index (χ1n) is 5.08. The average Bonchev–Trinajstić information content (AvgIpc) is 2.32. The molecule has 6 heteroatoms. The zero-order chi connectivity index (χ0) is 12.4. The van der Waals surface area contributed by atoms with E-state index in [0.717, 1.165) is 0 Å². The Morgan fingerprint density at radius 2 is 2.18 bits per heavy atom. The minimum atomic E-state index is -0.990. The van der Waals surface area contributed by atoms with Crippen LogP contribution >= 0.6 is 11.6 Å². The van der Waals surface area contributed by atoms with Crippen molar-refractivity contribution in [2.24, 2.45) is 0 Å². The second kappa shape index (κ2) is 4.79. The lowest BCUT2D eigenvalue weighted by Crippen LogP contribution is -2.16. The number of aliphatic carboxylic acids is 1. The van der Waals surface area contributed by atoms with Gasteiger partial charge in [0.1, 0.15) is 24.1 Å². The van der Waals surface area contributed by atoms with Crippen molar-refractivity contribution in [3.8, 4) is 11.5 Å². The van der Waals surface area contributed by atoms with E-state index < -0.39 is 11.8 Å². The maximum absolute atomic E-state index is 13.8. The van der Waals surface area contributed by atoms with E-state index in [1.54, 1.807) is 0 Å². The standard InChI is InChI=1S/C11H10ClFO4/c12-9-10(13)6(1-2-8(14)15)5-7-11(9)17-4-3-16-7/h5H,1-4H2,(H,14,15). The fourth-order valence-corrected chi connectivity index (χ4v) is 1.87. The first kappa shape index (κ1) is 12.0. The Labute approximate surface area is 102 Å². The molecule has 4 nitrogen and oxygen atoms in total. The Morgan fingerprint density at radius 3 is 2.88 bits per heavy atom. The van der Waals surface area contributed by atoms with Gasteiger partial charge in [-0.3, -0.25) is 4.79 Å². The zero-order valence-corrected chi connectivity index (χ0v) is 9.59. The molecule has 1 aromatic rings. The number of fused-ring (bicyclic) bond motifs is 1. The summed E-state index contributed by atoms with van der Waals surface area (Å²) in [7, 11) is 0. The molecule has 0 fully saturated rings. The lowest BCUT2D eigenvalue weighted by atomic mass is 10.1. The normalized spacial score (nSPS) is 13.5. The van der Waals surface area contributed by atoms with Crippen molar-refractivity contribution in [3.05, 3.63) is 22.5 Å². The summed E-state index contributed by atoms with van der Waals surface area (Å²) in [5.41, 5.74) is 0.224. The van der Waals surface area contributed by atoms with Crippen LogP contribution in [0.5, 0.6) is 11.5 Å². The van der Waals surface area contributed by atoms with Crippen molar-refractivity contribution >= 4 is 17.6 Å². The average molecular weight is 261 g/mol. The van der Waals surface area contributed by atoms with Gasteiger partial charge in [0.2, 0.25) is 0 Å². The minimum Gasteiger partial charge on any atom is -0.486 e. The van der Waals surface area contributed by atoms with Crippen LogP contribution in [-0.4, -0.2) is 24.3 Å². The van der Waals surface area contributed by atoms with Gasteiger partial charge in [-0.25, -0.2) is 4.39 Å². The smallest absolute Gasteiger partial charge is 0.303 e. The number of carboxylic acid groups (broad SMARTS) is 1. The molecule has 0 spiro atoms. The van der Waals surface area contributed by atoms with Crippen molar-refractivity contribution in [3.63, 3.8) is 0 Å². The molecule has 1 aliphatic heterocycles. The molecule has 1 aliphatic rings. The van der Waals surface area contributed by atoms with E-state index in [1.165, 1.54) is 6.07 Å². The van der Waals surface area contributed by atoms with Gasteiger partial charge < -0.3 is 14.6 Å². The van der Waals surface area contributed by atoms with Crippen LogP contribution in [0.3, 0.4) is 0 Å². The van der Waals surface area contributed by atoms with Gasteiger partial charge in [-0.1, -0.05) is 11.6 Å². The highest BCUT2D eigenvalue weighted by molar-refractivity contribution is 6.32. The van der Waals surface area contributed by atoms with Crippen LogP contribution in [0.2, 0.25) is 5.02 Å². The number of halogens is 2. The molecule has 0 radical (unpaired) electrons. The molecular formula is C11H10ClFO4. The van der Waals surface area contributed by atoms with Crippen molar-refractivity contribution in [2.75, 3.05) is 13.2 Å². The molecule has 0 aromatic heterocycles. The van der Waals surface area contributed by atoms with Crippen LogP contribution in [0.4, 0.5) is 4.39 Å². The quantitative estimate of drug-likeness (QED) is 0.906. The molecule has 0 atom stereocenters. The van der Waals surface area contributed by atoms with E-state index in [4.69, 9.17) is 26.2 Å². The van der Waals surface area contributed by atoms with Gasteiger partial charge in [0.05, 0.1) is 0 Å². The van der Waals surface area contributed by atoms with Crippen LogP contribution in [0.1, 0.15) is 12.0 Å².